The van der Waals surface area contributed by atoms with Gasteiger partial charge >= 0.3 is 5.69 Å². The number of nitrogens with two attached hydrogens (primary N) is 1. The first-order valence-electron chi connectivity index (χ1n) is 14.7. The molecule has 0 unspecified atom stereocenters. The largest absolute Gasteiger partial charge is 0.374 e. The van der Waals surface area contributed by atoms with Crippen LogP contribution in [0.5, 0.6) is 0 Å². The Morgan fingerprint density at radius 3 is 2.79 bits per heavy atom. The lowest BCUT2D eigenvalue weighted by molar-refractivity contribution is 0.312. The molecule has 8 nitrogen and oxygen atoms in total. The Bertz CT molecular complexity index is 1610. The molecule has 3 heterocycles. The van der Waals surface area contributed by atoms with Crippen LogP contribution in [0, 0.1) is 11.2 Å². The standard InChI is InChI=1S/C32H39ClFN7O/c1-19(35)5-3-6-21-15-26(30(34)27(33)16-21)29-17-23-18-41(32(42)40-31(23)39-29)25-11-9-22(10-12-25)28-8-4-7-24(38-28)13-14-37-20(2)36/h9-12,15-19,24,28,38H,3-8,13-14,35H2,1-2H3,(H2,36,37)(H,39,40,42)/t19-,24+,28+/m0/s1. The van der Waals surface area contributed by atoms with Gasteiger partial charge in [-0.15, -0.1) is 0 Å². The number of nitrogens with one attached hydrogen (secondary N) is 4. The van der Waals surface area contributed by atoms with Gasteiger partial charge < -0.3 is 21.4 Å². The number of amidine groups is 1. The van der Waals surface area contributed by atoms with Crippen molar-refractivity contribution in [3.8, 4) is 16.9 Å². The van der Waals surface area contributed by atoms with Crippen LogP contribution in [-0.4, -0.2) is 39.0 Å². The minimum Gasteiger partial charge on any atom is -0.374 e. The minimum atomic E-state index is -0.510. The normalized spacial score (nSPS) is 17.8. The van der Waals surface area contributed by atoms with E-state index >= 15 is 4.39 Å². The van der Waals surface area contributed by atoms with Crippen LogP contribution in [-0.2, 0) is 6.42 Å². The number of benzene rings is 2. The van der Waals surface area contributed by atoms with E-state index in [1.54, 1.807) is 31.3 Å². The van der Waals surface area contributed by atoms with Gasteiger partial charge in [-0.3, -0.25) is 9.98 Å². The summed E-state index contributed by atoms with van der Waals surface area (Å²) in [4.78, 5) is 20.4. The summed E-state index contributed by atoms with van der Waals surface area (Å²) in [5.74, 6) is -0.0177. The summed E-state index contributed by atoms with van der Waals surface area (Å²) in [5, 5.41) is 15.1. The summed E-state index contributed by atoms with van der Waals surface area (Å²) in [6.45, 7) is 4.52. The summed E-state index contributed by atoms with van der Waals surface area (Å²) in [6.07, 6.45) is 8.53. The first-order chi connectivity index (χ1) is 20.2. The molecular weight excluding hydrogens is 553 g/mol. The molecule has 1 aliphatic rings. The Morgan fingerprint density at radius 1 is 1.26 bits per heavy atom. The molecule has 5 rings (SSSR count). The first-order valence-corrected chi connectivity index (χ1v) is 15.1. The number of hydrogen-bond donors (Lipinski definition) is 5. The highest BCUT2D eigenvalue weighted by Crippen LogP contribution is 2.32. The molecule has 1 fully saturated rings. The van der Waals surface area contributed by atoms with Crippen LogP contribution in [0.15, 0.2) is 53.5 Å². The van der Waals surface area contributed by atoms with Crippen molar-refractivity contribution in [3.63, 3.8) is 0 Å². The van der Waals surface area contributed by atoms with Crippen LogP contribution in [0.4, 0.5) is 4.39 Å². The molecule has 10 heteroatoms. The zero-order valence-electron chi connectivity index (χ0n) is 24.1. The number of nitrogens with zero attached hydrogens (tertiary/aromatic N) is 2. The van der Waals surface area contributed by atoms with Crippen molar-refractivity contribution in [2.45, 2.75) is 76.9 Å². The van der Waals surface area contributed by atoms with Gasteiger partial charge in [-0.2, -0.15) is 4.98 Å². The summed E-state index contributed by atoms with van der Waals surface area (Å²) in [5.41, 5.74) is 9.54. The van der Waals surface area contributed by atoms with E-state index in [2.05, 4.69) is 32.7 Å². The third kappa shape index (κ3) is 7.09. The van der Waals surface area contributed by atoms with Gasteiger partial charge in [0.05, 0.1) is 22.2 Å². The van der Waals surface area contributed by atoms with E-state index in [1.165, 1.54) is 10.1 Å². The Balaban J connectivity index is 1.35. The number of aromatic nitrogens is 3. The third-order valence-corrected chi connectivity index (χ3v) is 8.23. The van der Waals surface area contributed by atoms with Gasteiger partial charge in [-0.1, -0.05) is 30.2 Å². The lowest BCUT2D eigenvalue weighted by Gasteiger charge is -2.31. The fourth-order valence-electron chi connectivity index (χ4n) is 5.75. The van der Waals surface area contributed by atoms with Crippen molar-refractivity contribution in [3.05, 3.63) is 81.1 Å². The highest BCUT2D eigenvalue weighted by molar-refractivity contribution is 6.31. The molecule has 1 aliphatic heterocycles. The maximum Gasteiger partial charge on any atom is 0.354 e. The van der Waals surface area contributed by atoms with Gasteiger partial charge in [0, 0.05) is 41.8 Å². The zero-order valence-corrected chi connectivity index (χ0v) is 24.9. The van der Waals surface area contributed by atoms with Crippen LogP contribution < -0.4 is 22.1 Å². The monoisotopic (exact) mass is 591 g/mol. The molecule has 0 saturated carbocycles. The van der Waals surface area contributed by atoms with E-state index in [-0.39, 0.29) is 17.1 Å². The van der Waals surface area contributed by atoms with Crippen molar-refractivity contribution < 1.29 is 4.39 Å². The highest BCUT2D eigenvalue weighted by Gasteiger charge is 2.22. The molecule has 0 aliphatic carbocycles. The number of aryl methyl sites for hydroxylation is 1. The first kappa shape index (κ1) is 29.9. The number of rotatable bonds is 10. The number of aromatic amines is 1. The van der Waals surface area contributed by atoms with Crippen LogP contribution >= 0.6 is 11.6 Å². The lowest BCUT2D eigenvalue weighted by atomic mass is 9.92. The number of fused-ring (bicyclic) bond motifs is 1. The molecule has 0 spiro atoms. The van der Waals surface area contributed by atoms with E-state index in [0.29, 0.717) is 39.9 Å². The molecule has 2 aromatic carbocycles. The van der Waals surface area contributed by atoms with Crippen molar-refractivity contribution in [1.82, 2.24) is 25.2 Å². The van der Waals surface area contributed by atoms with Crippen molar-refractivity contribution >= 4 is 28.5 Å². The van der Waals surface area contributed by atoms with Crippen molar-refractivity contribution in [1.29, 1.82) is 5.41 Å². The maximum atomic E-state index is 15.1. The van der Waals surface area contributed by atoms with E-state index in [4.69, 9.17) is 22.7 Å². The molecule has 42 heavy (non-hydrogen) atoms. The van der Waals surface area contributed by atoms with E-state index in [0.717, 1.165) is 57.1 Å². The smallest absolute Gasteiger partial charge is 0.354 e. The zero-order chi connectivity index (χ0) is 29.8. The van der Waals surface area contributed by atoms with Gasteiger partial charge in [-0.25, -0.2) is 9.18 Å². The molecule has 2 aromatic heterocycles. The van der Waals surface area contributed by atoms with Crippen LogP contribution in [0.1, 0.15) is 69.5 Å². The molecule has 6 N–H and O–H groups in total. The van der Waals surface area contributed by atoms with E-state index in [1.807, 2.05) is 19.1 Å². The van der Waals surface area contributed by atoms with Gasteiger partial charge in [0.1, 0.15) is 5.65 Å². The second-order valence-corrected chi connectivity index (χ2v) is 11.9. The Morgan fingerprint density at radius 2 is 2.05 bits per heavy atom. The quantitative estimate of drug-likeness (QED) is 0.114. The second kappa shape index (κ2) is 13.2. The molecule has 3 atom stereocenters. The predicted octanol–water partition coefficient (Wildman–Crippen LogP) is 6.00. The molecule has 1 saturated heterocycles. The van der Waals surface area contributed by atoms with Gasteiger partial charge in [0.25, 0.3) is 0 Å². The average molecular weight is 592 g/mol. The Hall–Kier alpha value is -3.53. The molecular formula is C32H39ClFN7O. The summed E-state index contributed by atoms with van der Waals surface area (Å²) >= 11 is 6.25. The van der Waals surface area contributed by atoms with Crippen molar-refractivity contribution in [2.75, 3.05) is 6.54 Å². The third-order valence-electron chi connectivity index (χ3n) is 7.95. The maximum absolute atomic E-state index is 15.1. The van der Waals surface area contributed by atoms with E-state index < -0.39 is 11.5 Å². The van der Waals surface area contributed by atoms with Crippen molar-refractivity contribution in [2.24, 2.45) is 5.73 Å². The van der Waals surface area contributed by atoms with Gasteiger partial charge in [0.2, 0.25) is 0 Å². The number of piperidine rings is 1. The molecule has 4 aromatic rings. The van der Waals surface area contributed by atoms with Crippen LogP contribution in [0.2, 0.25) is 5.02 Å². The summed E-state index contributed by atoms with van der Waals surface area (Å²) in [7, 11) is 0. The molecule has 0 radical (unpaired) electrons. The van der Waals surface area contributed by atoms with Crippen LogP contribution in [0.25, 0.3) is 28.0 Å². The molecule has 0 bridgehead atoms. The lowest BCUT2D eigenvalue weighted by Crippen LogP contribution is -2.39. The minimum absolute atomic E-state index is 0.0616. The molecule has 222 valence electrons. The topological polar surface area (TPSA) is 125 Å². The van der Waals surface area contributed by atoms with Crippen LogP contribution in [0.3, 0.4) is 0 Å². The molecule has 0 amide bonds. The van der Waals surface area contributed by atoms with Gasteiger partial charge in [0.15, 0.2) is 5.82 Å². The Labute approximate surface area is 250 Å². The number of halogens is 2. The van der Waals surface area contributed by atoms with E-state index in [9.17, 15) is 4.79 Å². The fraction of sp³-hybridized carbons (Fsp3) is 0.406. The predicted molar refractivity (Wildman–Crippen MR) is 168 cm³/mol. The SMILES string of the molecule is CC(=N)NCC[C@H]1CCC[C@H](c2ccc(-n3cc4cc(-c5cc(CCC[C@H](C)N)cc(Cl)c5F)[nH]c4nc3=O)cc2)N1. The van der Waals surface area contributed by atoms with Gasteiger partial charge in [-0.05, 0) is 93.8 Å². The average Bonchev–Trinajstić information content (AvgIpc) is 3.37. The highest BCUT2D eigenvalue weighted by atomic mass is 35.5. The Kier molecular flexibility index (Phi) is 9.40. The second-order valence-electron chi connectivity index (χ2n) is 11.5. The number of hydrogen-bond acceptors (Lipinski definition) is 5. The number of H-pyrrole nitrogens is 1. The summed E-state index contributed by atoms with van der Waals surface area (Å²) < 4.78 is 16.6. The summed E-state index contributed by atoms with van der Waals surface area (Å²) in [6, 6.07) is 14.0. The fourth-order valence-corrected chi connectivity index (χ4v) is 5.99.